The number of ketones is 1. The number of alkyl halides is 3. The highest BCUT2D eigenvalue weighted by Gasteiger charge is 2.65. The van der Waals surface area contributed by atoms with Crippen LogP contribution >= 0.6 is 0 Å². The predicted molar refractivity (Wildman–Crippen MR) is 143 cm³/mol. The monoisotopic (exact) mass is 605 g/mol. The molecule has 7 rings (SSSR count). The Morgan fingerprint density at radius 1 is 1.07 bits per heavy atom. The maximum atomic E-state index is 13.4. The molecule has 2 aromatic carbocycles. The van der Waals surface area contributed by atoms with Crippen molar-refractivity contribution in [2.45, 2.75) is 46.3 Å². The molecule has 0 amide bonds. The molecule has 12 heteroatoms. The Bertz CT molecular complexity index is 1670. The molecular weight excluding hydrogens is 581 g/mol. The van der Waals surface area contributed by atoms with E-state index in [1.54, 1.807) is 36.4 Å². The fraction of sp³-hybridized carbons (Fsp3) is 0.345. The molecule has 3 fully saturated rings. The van der Waals surface area contributed by atoms with Crippen molar-refractivity contribution in [3.63, 3.8) is 0 Å². The van der Waals surface area contributed by atoms with Gasteiger partial charge in [-0.15, -0.1) is 0 Å². The number of fused-ring (bicyclic) bond motifs is 3. The van der Waals surface area contributed by atoms with Gasteiger partial charge in [0.2, 0.25) is 0 Å². The Labute approximate surface area is 236 Å². The van der Waals surface area contributed by atoms with E-state index in [2.05, 4.69) is 0 Å². The highest BCUT2D eigenvalue weighted by atomic mass is 32.2. The van der Waals surface area contributed by atoms with E-state index in [1.165, 1.54) is 6.07 Å². The highest BCUT2D eigenvalue weighted by Crippen LogP contribution is 2.55. The molecule has 1 saturated heterocycles. The number of allylic oxidation sites excluding steroid dienone is 4. The number of hydrogen-bond acceptors (Lipinski definition) is 7. The van der Waals surface area contributed by atoms with Gasteiger partial charge in [-0.1, -0.05) is 28.7 Å². The lowest BCUT2D eigenvalue weighted by atomic mass is 9.90. The van der Waals surface area contributed by atoms with Gasteiger partial charge in [-0.05, 0) is 61.4 Å². The first kappa shape index (κ1) is 26.7. The smallest absolute Gasteiger partial charge is 0.416 e. The van der Waals surface area contributed by atoms with Gasteiger partial charge >= 0.3 is 12.1 Å². The Kier molecular flexibility index (Phi) is 6.11. The molecule has 2 aliphatic heterocycles. The van der Waals surface area contributed by atoms with Crippen molar-refractivity contribution < 1.29 is 44.8 Å². The van der Waals surface area contributed by atoms with Crippen molar-refractivity contribution in [2.24, 2.45) is 17.8 Å². The van der Waals surface area contributed by atoms with Crippen molar-refractivity contribution in [3.05, 3.63) is 77.9 Å². The van der Waals surface area contributed by atoms with Crippen molar-refractivity contribution in [2.75, 3.05) is 6.61 Å². The van der Waals surface area contributed by atoms with Gasteiger partial charge in [0.05, 0.1) is 16.4 Å². The van der Waals surface area contributed by atoms with Crippen LogP contribution in [0.1, 0.15) is 28.8 Å². The van der Waals surface area contributed by atoms with Gasteiger partial charge in [0.25, 0.3) is 10.1 Å². The van der Waals surface area contributed by atoms with E-state index in [0.29, 0.717) is 23.5 Å². The number of Topliss-reactive ketones (excluding diaryl/α,β-unsaturated/α-hetero) is 1. The summed E-state index contributed by atoms with van der Waals surface area (Å²) in [6.45, 7) is -0.380. The SMILES string of the molecule is O=C(COc1ccc([SH+]2=C3C=CC=CC3C(=O)c3cc(C(F)(F)F)ccc32)cc1)OC1C2CC3C1OS(=O)(=O)C3C2. The first-order valence-electron chi connectivity index (χ1n) is 13.1. The van der Waals surface area contributed by atoms with Crippen LogP contribution in [-0.4, -0.2) is 49.1 Å². The summed E-state index contributed by atoms with van der Waals surface area (Å²) in [7, 11) is -4.90. The summed E-state index contributed by atoms with van der Waals surface area (Å²) in [5.41, 5.74) is -0.783. The zero-order chi connectivity index (χ0) is 28.7. The average Bonchev–Trinajstić information content (AvgIpc) is 3.57. The fourth-order valence-corrected chi connectivity index (χ4v) is 11.3. The Morgan fingerprint density at radius 2 is 1.85 bits per heavy atom. The van der Waals surface area contributed by atoms with Gasteiger partial charge in [-0.3, -0.25) is 8.98 Å². The van der Waals surface area contributed by atoms with Crippen LogP contribution in [0.2, 0.25) is 0 Å². The number of ether oxygens (including phenoxy) is 2. The van der Waals surface area contributed by atoms with Gasteiger partial charge in [0.1, 0.15) is 38.5 Å². The molecule has 3 aliphatic carbocycles. The van der Waals surface area contributed by atoms with Gasteiger partial charge in [0, 0.05) is 11.8 Å². The summed E-state index contributed by atoms with van der Waals surface area (Å²) in [5.74, 6) is -1.41. The number of esters is 1. The number of thiol groups is 1. The quantitative estimate of drug-likeness (QED) is 0.167. The maximum Gasteiger partial charge on any atom is 0.416 e. The summed E-state index contributed by atoms with van der Waals surface area (Å²) in [4.78, 5) is 27.9. The minimum absolute atomic E-state index is 0.0414. The Hall–Kier alpha value is -3.22. The molecule has 0 spiro atoms. The summed E-state index contributed by atoms with van der Waals surface area (Å²) >= 11 is 0. The minimum atomic E-state index is -4.56. The zero-order valence-electron chi connectivity index (χ0n) is 21.3. The summed E-state index contributed by atoms with van der Waals surface area (Å²) in [5, 5.41) is -0.502. The molecule has 2 bridgehead atoms. The van der Waals surface area contributed by atoms with Crippen molar-refractivity contribution in [3.8, 4) is 5.75 Å². The van der Waals surface area contributed by atoms with E-state index in [9.17, 15) is 31.2 Å². The molecule has 0 N–H and O–H groups in total. The van der Waals surface area contributed by atoms with Crippen LogP contribution in [0.5, 0.6) is 5.75 Å². The first-order valence-corrected chi connectivity index (χ1v) is 15.9. The first-order chi connectivity index (χ1) is 19.5. The lowest BCUT2D eigenvalue weighted by Gasteiger charge is -2.25. The third kappa shape index (κ3) is 4.38. The van der Waals surface area contributed by atoms with E-state index in [-0.39, 0.29) is 29.8 Å². The number of carbonyl (C=O) groups is 2. The number of carbonyl (C=O) groups excluding carboxylic acids is 2. The van der Waals surface area contributed by atoms with E-state index in [4.69, 9.17) is 13.7 Å². The van der Waals surface area contributed by atoms with E-state index < -0.39 is 61.7 Å². The Balaban J connectivity index is 1.09. The molecule has 2 aromatic rings. The topological polar surface area (TPSA) is 96.0 Å². The van der Waals surface area contributed by atoms with Crippen molar-refractivity contribution in [1.82, 2.24) is 0 Å². The molecule has 7 atom stereocenters. The van der Waals surface area contributed by atoms with E-state index >= 15 is 0 Å². The molecular formula is C29H24F3O7S2+. The molecule has 7 nitrogen and oxygen atoms in total. The lowest BCUT2D eigenvalue weighted by Crippen LogP contribution is -2.38. The largest absolute Gasteiger partial charge is 0.482 e. The summed E-state index contributed by atoms with van der Waals surface area (Å²) in [6.07, 6.45) is 2.40. The second-order valence-corrected chi connectivity index (χ2v) is 14.8. The normalized spacial score (nSPS) is 32.1. The van der Waals surface area contributed by atoms with Crippen LogP contribution in [0.4, 0.5) is 13.2 Å². The molecule has 0 radical (unpaired) electrons. The van der Waals surface area contributed by atoms with Crippen LogP contribution in [0.15, 0.2) is 76.6 Å². The third-order valence-corrected chi connectivity index (χ3v) is 12.9. The number of hydrogen-bond donors (Lipinski definition) is 0. The van der Waals surface area contributed by atoms with Crippen molar-refractivity contribution >= 4 is 37.2 Å². The molecule has 7 unspecified atom stereocenters. The van der Waals surface area contributed by atoms with Crippen LogP contribution in [0.25, 0.3) is 0 Å². The lowest BCUT2D eigenvalue weighted by molar-refractivity contribution is -0.158. The van der Waals surface area contributed by atoms with Gasteiger partial charge in [-0.25, -0.2) is 4.79 Å². The van der Waals surface area contributed by atoms with Crippen LogP contribution in [0.3, 0.4) is 0 Å². The maximum absolute atomic E-state index is 13.4. The number of benzene rings is 2. The third-order valence-electron chi connectivity index (χ3n) is 8.50. The molecule has 2 saturated carbocycles. The van der Waals surface area contributed by atoms with E-state index in [0.717, 1.165) is 21.9 Å². The van der Waals surface area contributed by atoms with Crippen molar-refractivity contribution in [1.29, 1.82) is 0 Å². The molecule has 214 valence electrons. The standard InChI is InChI=1S/C29H23F3O7S2/c30-29(31,32)16-5-10-23-20(13-16)26(34)19-3-1-2-4-22(19)40(23)18-8-6-17(7-9-18)37-14-25(33)38-27-15-11-21-24(12-15)41(35,36)39-28(21)27/h1-10,13,15,19,21,24,27-28H,11-12,14H2/p+1. The van der Waals surface area contributed by atoms with E-state index in [1.807, 2.05) is 12.2 Å². The molecule has 0 aromatic heterocycles. The van der Waals surface area contributed by atoms with Gasteiger partial charge in [0.15, 0.2) is 12.4 Å². The summed E-state index contributed by atoms with van der Waals surface area (Å²) < 4.78 is 80.9. The fourth-order valence-electron chi connectivity index (χ4n) is 6.73. The Morgan fingerprint density at radius 3 is 2.61 bits per heavy atom. The second-order valence-electron chi connectivity index (χ2n) is 10.8. The number of rotatable bonds is 5. The van der Waals surface area contributed by atoms with Crippen LogP contribution in [0, 0.1) is 17.8 Å². The molecule has 5 aliphatic rings. The zero-order valence-corrected chi connectivity index (χ0v) is 23.0. The minimum Gasteiger partial charge on any atom is -0.482 e. The van der Waals surface area contributed by atoms with Gasteiger partial charge in [-0.2, -0.15) is 21.6 Å². The van der Waals surface area contributed by atoms with Gasteiger partial charge < -0.3 is 9.47 Å². The molecule has 2 heterocycles. The predicted octanol–water partition coefficient (Wildman–Crippen LogP) is 4.01. The van der Waals surface area contributed by atoms with Crippen LogP contribution < -0.4 is 4.74 Å². The van der Waals surface area contributed by atoms with Crippen LogP contribution in [-0.2, 0) is 40.5 Å². The molecule has 41 heavy (non-hydrogen) atoms. The highest BCUT2D eigenvalue weighted by molar-refractivity contribution is 7.97. The average molecular weight is 606 g/mol. The summed E-state index contributed by atoms with van der Waals surface area (Å²) in [6, 6.07) is 10.3. The second kappa shape index (κ2) is 9.40. The number of halogens is 3.